The fourth-order valence-corrected chi connectivity index (χ4v) is 2.82. The Kier molecular flexibility index (Phi) is 5.59. The molecule has 2 heterocycles. The number of aromatic nitrogens is 4. The predicted octanol–water partition coefficient (Wildman–Crippen LogP) is 2.42. The maximum absolute atomic E-state index is 12.1. The summed E-state index contributed by atoms with van der Waals surface area (Å²) in [6.07, 6.45) is 1.84. The molecule has 7 nitrogen and oxygen atoms in total. The average Bonchev–Trinajstić information content (AvgIpc) is 3.06. The summed E-state index contributed by atoms with van der Waals surface area (Å²) in [5, 5.41) is 18.6. The molecule has 3 rings (SSSR count). The van der Waals surface area contributed by atoms with Gasteiger partial charge in [-0.2, -0.15) is 5.10 Å². The van der Waals surface area contributed by atoms with Crippen LogP contribution in [0, 0.1) is 10.5 Å². The van der Waals surface area contributed by atoms with E-state index in [1.165, 1.54) is 0 Å². The Morgan fingerprint density at radius 3 is 2.64 bits per heavy atom. The largest absolute Gasteiger partial charge is 0.367 e. The molecule has 0 atom stereocenters. The van der Waals surface area contributed by atoms with Crippen LogP contribution in [-0.2, 0) is 0 Å². The molecule has 0 aliphatic carbocycles. The molecule has 0 unspecified atom stereocenters. The number of hydrogen-bond donors (Lipinski definition) is 2. The van der Waals surface area contributed by atoms with Crippen LogP contribution < -0.4 is 10.6 Å². The highest BCUT2D eigenvalue weighted by Gasteiger charge is 2.08. The maximum Gasteiger partial charge on any atom is 0.252 e. The minimum Gasteiger partial charge on any atom is -0.367 e. The van der Waals surface area contributed by atoms with E-state index in [1.807, 2.05) is 55.6 Å². The number of halogens is 1. The molecule has 1 aromatic carbocycles. The number of anilines is 1. The SMILES string of the molecule is Cc1ccn(-c2ccc(NCCNC(=O)c3ccccc3I)nn2)n1. The standard InChI is InChI=1S/C17H17IN6O/c1-12-8-11-24(23-12)16-7-6-15(21-22-16)19-9-10-20-17(25)13-4-2-3-5-14(13)18/h2-8,11H,9-10H2,1H3,(H,19,21)(H,20,25). The number of carbonyl (C=O) groups excluding carboxylic acids is 1. The first kappa shape index (κ1) is 17.3. The van der Waals surface area contributed by atoms with E-state index >= 15 is 0 Å². The first-order chi connectivity index (χ1) is 12.1. The van der Waals surface area contributed by atoms with Crippen LogP contribution >= 0.6 is 22.6 Å². The van der Waals surface area contributed by atoms with Crippen molar-refractivity contribution in [3.8, 4) is 5.82 Å². The van der Waals surface area contributed by atoms with Crippen LogP contribution in [0.25, 0.3) is 5.82 Å². The lowest BCUT2D eigenvalue weighted by Gasteiger charge is -2.08. The minimum absolute atomic E-state index is 0.0812. The third-order valence-corrected chi connectivity index (χ3v) is 4.38. The fourth-order valence-electron chi connectivity index (χ4n) is 2.19. The predicted molar refractivity (Wildman–Crippen MR) is 104 cm³/mol. The summed E-state index contributed by atoms with van der Waals surface area (Å²) in [5.41, 5.74) is 1.61. The highest BCUT2D eigenvalue weighted by molar-refractivity contribution is 14.1. The number of hydrogen-bond acceptors (Lipinski definition) is 5. The zero-order valence-corrected chi connectivity index (χ0v) is 15.8. The van der Waals surface area contributed by atoms with Crippen molar-refractivity contribution >= 4 is 34.3 Å². The van der Waals surface area contributed by atoms with Crippen molar-refractivity contribution in [1.82, 2.24) is 25.3 Å². The summed E-state index contributed by atoms with van der Waals surface area (Å²) in [6.45, 7) is 2.97. The van der Waals surface area contributed by atoms with Crippen molar-refractivity contribution in [2.45, 2.75) is 6.92 Å². The van der Waals surface area contributed by atoms with E-state index in [-0.39, 0.29) is 5.91 Å². The van der Waals surface area contributed by atoms with Crippen LogP contribution in [0.15, 0.2) is 48.7 Å². The van der Waals surface area contributed by atoms with Gasteiger partial charge in [-0.3, -0.25) is 4.79 Å². The molecule has 0 aliphatic heterocycles. The van der Waals surface area contributed by atoms with Crippen LogP contribution in [0.4, 0.5) is 5.82 Å². The van der Waals surface area contributed by atoms with Gasteiger partial charge in [0.15, 0.2) is 5.82 Å². The summed E-state index contributed by atoms with van der Waals surface area (Å²) < 4.78 is 2.61. The Hall–Kier alpha value is -2.49. The van der Waals surface area contributed by atoms with Crippen LogP contribution in [-0.4, -0.2) is 39.0 Å². The van der Waals surface area contributed by atoms with Gasteiger partial charge in [-0.1, -0.05) is 12.1 Å². The molecule has 1 amide bonds. The van der Waals surface area contributed by atoms with E-state index in [2.05, 4.69) is 48.5 Å². The molecule has 0 aliphatic rings. The molecule has 0 saturated carbocycles. The molecule has 3 aromatic rings. The molecule has 0 fully saturated rings. The molecule has 2 N–H and O–H groups in total. The van der Waals surface area contributed by atoms with Crippen LogP contribution in [0.2, 0.25) is 0 Å². The highest BCUT2D eigenvalue weighted by Crippen LogP contribution is 2.11. The molecule has 128 valence electrons. The normalized spacial score (nSPS) is 10.5. The van der Waals surface area contributed by atoms with E-state index in [0.717, 1.165) is 9.26 Å². The van der Waals surface area contributed by atoms with E-state index in [1.54, 1.807) is 4.68 Å². The van der Waals surface area contributed by atoms with Gasteiger partial charge in [0.05, 0.1) is 11.3 Å². The molecule has 25 heavy (non-hydrogen) atoms. The van der Waals surface area contributed by atoms with Crippen LogP contribution in [0.3, 0.4) is 0 Å². The Bertz CT molecular complexity index is 862. The zero-order chi connectivity index (χ0) is 17.6. The molecule has 8 heteroatoms. The van der Waals surface area contributed by atoms with E-state index < -0.39 is 0 Å². The lowest BCUT2D eigenvalue weighted by atomic mass is 10.2. The number of aryl methyl sites for hydroxylation is 1. The van der Waals surface area contributed by atoms with Gasteiger partial charge in [-0.25, -0.2) is 4.68 Å². The topological polar surface area (TPSA) is 84.7 Å². The summed E-state index contributed by atoms with van der Waals surface area (Å²) in [4.78, 5) is 12.1. The van der Waals surface area contributed by atoms with Crippen molar-refractivity contribution < 1.29 is 4.79 Å². The minimum atomic E-state index is -0.0812. The molecule has 0 spiro atoms. The quantitative estimate of drug-likeness (QED) is 0.447. The third-order valence-electron chi connectivity index (χ3n) is 3.44. The van der Waals surface area contributed by atoms with Crippen LogP contribution in [0.1, 0.15) is 16.1 Å². The Labute approximate surface area is 159 Å². The van der Waals surface area contributed by atoms with Crippen molar-refractivity contribution in [3.63, 3.8) is 0 Å². The van der Waals surface area contributed by atoms with E-state index in [9.17, 15) is 4.79 Å². The Balaban J connectivity index is 1.48. The summed E-state index contributed by atoms with van der Waals surface area (Å²) in [6, 6.07) is 13.1. The first-order valence-electron chi connectivity index (χ1n) is 7.76. The number of benzene rings is 1. The van der Waals surface area contributed by atoms with Gasteiger partial charge in [0, 0.05) is 22.9 Å². The van der Waals surface area contributed by atoms with Gasteiger partial charge in [0.2, 0.25) is 0 Å². The van der Waals surface area contributed by atoms with Gasteiger partial charge >= 0.3 is 0 Å². The lowest BCUT2D eigenvalue weighted by molar-refractivity contribution is 0.0954. The van der Waals surface area contributed by atoms with Crippen LogP contribution in [0.5, 0.6) is 0 Å². The molecule has 2 aromatic heterocycles. The Morgan fingerprint density at radius 2 is 1.96 bits per heavy atom. The zero-order valence-electron chi connectivity index (χ0n) is 13.6. The van der Waals surface area contributed by atoms with Gasteiger partial charge in [-0.05, 0) is 59.8 Å². The second-order valence-electron chi connectivity index (χ2n) is 5.34. The maximum atomic E-state index is 12.1. The monoisotopic (exact) mass is 448 g/mol. The van der Waals surface area contributed by atoms with E-state index in [4.69, 9.17) is 0 Å². The van der Waals surface area contributed by atoms with Crippen molar-refractivity contribution in [2.75, 3.05) is 18.4 Å². The number of amides is 1. The van der Waals surface area contributed by atoms with Crippen molar-refractivity contribution in [1.29, 1.82) is 0 Å². The average molecular weight is 448 g/mol. The van der Waals surface area contributed by atoms with Gasteiger partial charge in [0.1, 0.15) is 5.82 Å². The van der Waals surface area contributed by atoms with Gasteiger partial charge in [-0.15, -0.1) is 10.2 Å². The van der Waals surface area contributed by atoms with E-state index in [0.29, 0.717) is 30.3 Å². The summed E-state index contributed by atoms with van der Waals surface area (Å²) in [5.74, 6) is 1.23. The van der Waals surface area contributed by atoms with Gasteiger partial charge < -0.3 is 10.6 Å². The lowest BCUT2D eigenvalue weighted by Crippen LogP contribution is -2.29. The Morgan fingerprint density at radius 1 is 1.12 bits per heavy atom. The van der Waals surface area contributed by atoms with Crippen molar-refractivity contribution in [3.05, 3.63) is 63.5 Å². The molecule has 0 bridgehead atoms. The second-order valence-corrected chi connectivity index (χ2v) is 6.50. The molecular weight excluding hydrogens is 431 g/mol. The summed E-state index contributed by atoms with van der Waals surface area (Å²) >= 11 is 2.15. The summed E-state index contributed by atoms with van der Waals surface area (Å²) in [7, 11) is 0. The third kappa shape index (κ3) is 4.53. The number of rotatable bonds is 6. The van der Waals surface area contributed by atoms with Crippen molar-refractivity contribution in [2.24, 2.45) is 0 Å². The molecule has 0 saturated heterocycles. The second kappa shape index (κ2) is 8.06. The molecular formula is C17H17IN6O. The van der Waals surface area contributed by atoms with Gasteiger partial charge in [0.25, 0.3) is 5.91 Å². The number of nitrogens with zero attached hydrogens (tertiary/aromatic N) is 4. The number of carbonyl (C=O) groups is 1. The molecule has 0 radical (unpaired) electrons. The highest BCUT2D eigenvalue weighted by atomic mass is 127. The smallest absolute Gasteiger partial charge is 0.252 e. The number of nitrogens with one attached hydrogen (secondary N) is 2. The fraction of sp³-hybridized carbons (Fsp3) is 0.176. The first-order valence-corrected chi connectivity index (χ1v) is 8.84.